The fourth-order valence-corrected chi connectivity index (χ4v) is 1.30. The van der Waals surface area contributed by atoms with Gasteiger partial charge >= 0.3 is 0 Å². The Morgan fingerprint density at radius 1 is 1.39 bits per heavy atom. The molecule has 9 nitrogen and oxygen atoms in total. The molecule has 0 aliphatic rings. The van der Waals surface area contributed by atoms with Gasteiger partial charge in [-0.25, -0.2) is 0 Å². The number of non-ortho nitro benzene ring substituents is 1. The number of tetrazole rings is 1. The zero-order valence-corrected chi connectivity index (χ0v) is 9.05. The molecule has 0 saturated carbocycles. The molecule has 18 heavy (non-hydrogen) atoms. The van der Waals surface area contributed by atoms with Gasteiger partial charge in [0.05, 0.1) is 4.92 Å². The maximum absolute atomic E-state index is 10.7. The third-order valence-electron chi connectivity index (χ3n) is 2.09. The minimum absolute atomic E-state index is 0.0247. The van der Waals surface area contributed by atoms with Gasteiger partial charge in [0, 0.05) is 17.7 Å². The van der Waals surface area contributed by atoms with Gasteiger partial charge in [-0.2, -0.15) is 4.80 Å². The molecule has 1 aromatic carbocycles. The molecule has 0 bridgehead atoms. The summed E-state index contributed by atoms with van der Waals surface area (Å²) in [5.74, 6) is -0.311. The van der Waals surface area contributed by atoms with Crippen LogP contribution in [0, 0.1) is 10.1 Å². The van der Waals surface area contributed by atoms with Crippen LogP contribution in [0.3, 0.4) is 0 Å². The second-order valence-corrected chi connectivity index (χ2v) is 3.41. The average molecular weight is 248 g/mol. The van der Waals surface area contributed by atoms with Crippen molar-refractivity contribution in [2.45, 2.75) is 6.54 Å². The molecule has 92 valence electrons. The molecule has 2 N–H and O–H groups in total. The van der Waals surface area contributed by atoms with Gasteiger partial charge in [0.2, 0.25) is 11.7 Å². The summed E-state index contributed by atoms with van der Waals surface area (Å²) in [6, 6.07) is 5.68. The van der Waals surface area contributed by atoms with E-state index in [1.807, 2.05) is 0 Å². The number of carbonyl (C=O) groups excluding carboxylic acids is 1. The first-order valence-electron chi connectivity index (χ1n) is 4.87. The van der Waals surface area contributed by atoms with Gasteiger partial charge in [0.1, 0.15) is 6.54 Å². The molecule has 0 aliphatic carbocycles. The SMILES string of the molecule is NC(=O)Cn1nnc(-c2ccc([N+](=O)[O-])cc2)n1. The van der Waals surface area contributed by atoms with Crippen LogP contribution in [-0.4, -0.2) is 31.0 Å². The summed E-state index contributed by atoms with van der Waals surface area (Å²) in [4.78, 5) is 21.7. The van der Waals surface area contributed by atoms with E-state index in [9.17, 15) is 14.9 Å². The Morgan fingerprint density at radius 3 is 2.61 bits per heavy atom. The van der Waals surface area contributed by atoms with Gasteiger partial charge in [0.25, 0.3) is 5.69 Å². The second-order valence-electron chi connectivity index (χ2n) is 3.41. The first kappa shape index (κ1) is 11.6. The molecule has 0 saturated heterocycles. The van der Waals surface area contributed by atoms with Crippen LogP contribution in [0.15, 0.2) is 24.3 Å². The first-order chi connectivity index (χ1) is 8.56. The highest BCUT2D eigenvalue weighted by Crippen LogP contribution is 2.18. The Morgan fingerprint density at radius 2 is 2.06 bits per heavy atom. The van der Waals surface area contributed by atoms with Gasteiger partial charge in [0.15, 0.2) is 0 Å². The summed E-state index contributed by atoms with van der Waals surface area (Å²) in [6.07, 6.45) is 0. The van der Waals surface area contributed by atoms with Crippen LogP contribution in [0.1, 0.15) is 0 Å². The Balaban J connectivity index is 2.23. The summed E-state index contributed by atoms with van der Waals surface area (Å²) < 4.78 is 0. The van der Waals surface area contributed by atoms with E-state index in [2.05, 4.69) is 15.4 Å². The lowest BCUT2D eigenvalue weighted by Gasteiger charge is -1.94. The molecular formula is C9H8N6O3. The number of nitrogens with zero attached hydrogens (tertiary/aromatic N) is 5. The highest BCUT2D eigenvalue weighted by Gasteiger charge is 2.09. The third kappa shape index (κ3) is 2.45. The number of hydrogen-bond acceptors (Lipinski definition) is 6. The summed E-state index contributed by atoms with van der Waals surface area (Å²) in [5, 5.41) is 21.7. The lowest BCUT2D eigenvalue weighted by atomic mass is 10.2. The fraction of sp³-hybridized carbons (Fsp3) is 0.111. The number of hydrogen-bond donors (Lipinski definition) is 1. The molecule has 0 fully saturated rings. The number of benzene rings is 1. The van der Waals surface area contributed by atoms with E-state index in [0.29, 0.717) is 5.56 Å². The maximum Gasteiger partial charge on any atom is 0.269 e. The molecule has 0 unspecified atom stereocenters. The molecular weight excluding hydrogens is 240 g/mol. The van der Waals surface area contributed by atoms with Crippen molar-refractivity contribution in [2.24, 2.45) is 5.73 Å². The fourth-order valence-electron chi connectivity index (χ4n) is 1.30. The highest BCUT2D eigenvalue weighted by atomic mass is 16.6. The number of nitrogens with two attached hydrogens (primary N) is 1. The van der Waals surface area contributed by atoms with E-state index in [1.54, 1.807) is 0 Å². The molecule has 2 aromatic rings. The number of primary amides is 1. The molecule has 1 heterocycles. The van der Waals surface area contributed by atoms with Crippen LogP contribution in [0.4, 0.5) is 5.69 Å². The van der Waals surface area contributed by atoms with Crippen molar-refractivity contribution >= 4 is 11.6 Å². The van der Waals surface area contributed by atoms with Crippen LogP contribution in [-0.2, 0) is 11.3 Å². The second kappa shape index (κ2) is 4.57. The minimum Gasteiger partial charge on any atom is -0.368 e. The van der Waals surface area contributed by atoms with Gasteiger partial charge in [-0.3, -0.25) is 14.9 Å². The quantitative estimate of drug-likeness (QED) is 0.585. The van der Waals surface area contributed by atoms with Crippen LogP contribution >= 0.6 is 0 Å². The van der Waals surface area contributed by atoms with E-state index >= 15 is 0 Å². The van der Waals surface area contributed by atoms with Gasteiger partial charge in [-0.1, -0.05) is 0 Å². The first-order valence-corrected chi connectivity index (χ1v) is 4.87. The number of nitro groups is 1. The minimum atomic E-state index is -0.581. The number of amides is 1. The van der Waals surface area contributed by atoms with Crippen LogP contribution < -0.4 is 5.73 Å². The summed E-state index contributed by atoms with van der Waals surface area (Å²) in [5.41, 5.74) is 5.52. The van der Waals surface area contributed by atoms with Crippen LogP contribution in [0.5, 0.6) is 0 Å². The highest BCUT2D eigenvalue weighted by molar-refractivity contribution is 5.73. The van der Waals surface area contributed by atoms with E-state index in [1.165, 1.54) is 24.3 Å². The molecule has 9 heteroatoms. The topological polar surface area (TPSA) is 130 Å². The molecule has 2 rings (SSSR count). The zero-order chi connectivity index (χ0) is 13.1. The summed E-state index contributed by atoms with van der Waals surface area (Å²) >= 11 is 0. The van der Waals surface area contributed by atoms with Crippen LogP contribution in [0.2, 0.25) is 0 Å². The number of rotatable bonds is 4. The molecule has 0 spiro atoms. The van der Waals surface area contributed by atoms with E-state index in [0.717, 1.165) is 4.80 Å². The lowest BCUT2D eigenvalue weighted by Crippen LogP contribution is -2.20. The standard InChI is InChI=1S/C9H8N6O3/c10-8(16)5-14-12-9(11-13-14)6-1-3-7(4-2-6)15(17)18/h1-4H,5H2,(H2,10,16). The monoisotopic (exact) mass is 248 g/mol. The lowest BCUT2D eigenvalue weighted by molar-refractivity contribution is -0.384. The maximum atomic E-state index is 10.7. The predicted octanol–water partition coefficient (Wildman–Crippen LogP) is -0.266. The van der Waals surface area contributed by atoms with Crippen molar-refractivity contribution in [2.75, 3.05) is 0 Å². The molecule has 0 aliphatic heterocycles. The molecule has 1 amide bonds. The zero-order valence-electron chi connectivity index (χ0n) is 9.05. The Kier molecular flexibility index (Phi) is 2.96. The Bertz CT molecular complexity index is 591. The van der Waals surface area contributed by atoms with E-state index in [4.69, 9.17) is 5.73 Å². The average Bonchev–Trinajstić information content (AvgIpc) is 2.76. The number of aromatic nitrogens is 4. The molecule has 1 aromatic heterocycles. The number of nitro benzene ring substituents is 1. The normalized spacial score (nSPS) is 10.2. The van der Waals surface area contributed by atoms with Crippen molar-refractivity contribution in [3.8, 4) is 11.4 Å². The van der Waals surface area contributed by atoms with Crippen molar-refractivity contribution in [1.82, 2.24) is 20.2 Å². The van der Waals surface area contributed by atoms with Crippen LogP contribution in [0.25, 0.3) is 11.4 Å². The Labute approximate surface area is 100 Å². The number of carbonyl (C=O) groups is 1. The molecule has 0 radical (unpaired) electrons. The summed E-state index contributed by atoms with van der Waals surface area (Å²) in [6.45, 7) is -0.167. The Hall–Kier alpha value is -2.84. The molecule has 0 atom stereocenters. The third-order valence-corrected chi connectivity index (χ3v) is 2.09. The van der Waals surface area contributed by atoms with Crippen molar-refractivity contribution in [1.29, 1.82) is 0 Å². The van der Waals surface area contributed by atoms with Gasteiger partial charge in [-0.05, 0) is 17.3 Å². The largest absolute Gasteiger partial charge is 0.368 e. The van der Waals surface area contributed by atoms with Gasteiger partial charge < -0.3 is 5.73 Å². The predicted molar refractivity (Wildman–Crippen MR) is 59.1 cm³/mol. The smallest absolute Gasteiger partial charge is 0.269 e. The van der Waals surface area contributed by atoms with Crippen molar-refractivity contribution < 1.29 is 9.72 Å². The van der Waals surface area contributed by atoms with Crippen molar-refractivity contribution in [3.63, 3.8) is 0 Å². The van der Waals surface area contributed by atoms with E-state index in [-0.39, 0.29) is 18.1 Å². The van der Waals surface area contributed by atoms with Gasteiger partial charge in [-0.15, -0.1) is 10.2 Å². The van der Waals surface area contributed by atoms with Crippen molar-refractivity contribution in [3.05, 3.63) is 34.4 Å². The summed E-state index contributed by atoms with van der Waals surface area (Å²) in [7, 11) is 0. The van der Waals surface area contributed by atoms with E-state index < -0.39 is 10.8 Å².